The number of anilines is 2. The van der Waals surface area contributed by atoms with Crippen LogP contribution in [0.1, 0.15) is 18.1 Å². The maximum absolute atomic E-state index is 9.76. The van der Waals surface area contributed by atoms with Crippen molar-refractivity contribution in [3.05, 3.63) is 78.1 Å². The number of hydrogen-bond acceptors (Lipinski definition) is 7. The van der Waals surface area contributed by atoms with Gasteiger partial charge in [-0.25, -0.2) is 4.99 Å². The summed E-state index contributed by atoms with van der Waals surface area (Å²) < 4.78 is 0. The lowest BCUT2D eigenvalue weighted by atomic mass is 10.0. The van der Waals surface area contributed by atoms with Crippen LogP contribution in [0, 0.1) is 0 Å². The number of likely N-dealkylation sites (N-methyl/N-ethyl adjacent to an activating group) is 1. The standard InChI is InChI=1S/C24H28N6O/c1-2-29(15-12-25)20-10-8-19(9-11-20)27-23-24-26-13-5-14-30(24)16-22(28-23)21-7-4-3-6-18(21)17-31/h3-11,14,16,31H,2,12-13,15,17,25H2,1H3,(H,27,28). The maximum atomic E-state index is 9.76. The van der Waals surface area contributed by atoms with Crippen molar-refractivity contribution < 1.29 is 5.11 Å². The highest BCUT2D eigenvalue weighted by molar-refractivity contribution is 6.46. The minimum absolute atomic E-state index is 0.0409. The molecule has 0 saturated heterocycles. The zero-order valence-electron chi connectivity index (χ0n) is 17.7. The Morgan fingerprint density at radius 2 is 1.97 bits per heavy atom. The molecule has 0 aromatic heterocycles. The first-order chi connectivity index (χ1) is 15.2. The van der Waals surface area contributed by atoms with E-state index in [-0.39, 0.29) is 6.61 Å². The number of aliphatic hydroxyl groups is 1. The second-order valence-electron chi connectivity index (χ2n) is 7.29. The number of nitrogens with zero attached hydrogens (tertiary/aromatic N) is 4. The summed E-state index contributed by atoms with van der Waals surface area (Å²) in [5.41, 5.74) is 10.3. The number of rotatable bonds is 7. The van der Waals surface area contributed by atoms with Gasteiger partial charge in [0.1, 0.15) is 0 Å². The van der Waals surface area contributed by atoms with E-state index in [1.165, 1.54) is 0 Å². The monoisotopic (exact) mass is 416 g/mol. The van der Waals surface area contributed by atoms with Crippen LogP contribution in [0.4, 0.5) is 11.4 Å². The van der Waals surface area contributed by atoms with Crippen LogP contribution in [-0.2, 0) is 6.61 Å². The molecule has 0 fully saturated rings. The van der Waals surface area contributed by atoms with E-state index < -0.39 is 0 Å². The highest BCUT2D eigenvalue weighted by Gasteiger charge is 2.23. The summed E-state index contributed by atoms with van der Waals surface area (Å²) in [5.74, 6) is 1.45. The SMILES string of the molecule is CCN(CCN)c1ccc(NC2=NC(c3ccccc3CO)=CN3C=CCN=C23)cc1. The third kappa shape index (κ3) is 4.52. The Morgan fingerprint density at radius 1 is 1.16 bits per heavy atom. The summed E-state index contributed by atoms with van der Waals surface area (Å²) in [5, 5.41) is 13.2. The van der Waals surface area contributed by atoms with Crippen molar-refractivity contribution in [2.24, 2.45) is 15.7 Å². The van der Waals surface area contributed by atoms with Crippen LogP contribution in [-0.4, -0.2) is 47.9 Å². The van der Waals surface area contributed by atoms with Crippen LogP contribution in [0.3, 0.4) is 0 Å². The Kier molecular flexibility index (Phi) is 6.45. The van der Waals surface area contributed by atoms with Crippen LogP contribution >= 0.6 is 0 Å². The fourth-order valence-electron chi connectivity index (χ4n) is 3.72. The Hall–Kier alpha value is -3.42. The van der Waals surface area contributed by atoms with Crippen molar-refractivity contribution in [2.45, 2.75) is 13.5 Å². The van der Waals surface area contributed by atoms with Gasteiger partial charge in [0.25, 0.3) is 0 Å². The van der Waals surface area contributed by atoms with Crippen molar-refractivity contribution in [1.29, 1.82) is 0 Å². The van der Waals surface area contributed by atoms with E-state index in [0.717, 1.165) is 47.1 Å². The molecule has 0 aliphatic carbocycles. The van der Waals surface area contributed by atoms with Crippen LogP contribution < -0.4 is 16.0 Å². The van der Waals surface area contributed by atoms with E-state index in [1.807, 2.05) is 59.8 Å². The molecule has 0 unspecified atom stereocenters. The summed E-state index contributed by atoms with van der Waals surface area (Å²) >= 11 is 0. The number of amidine groups is 2. The smallest absolute Gasteiger partial charge is 0.176 e. The molecule has 2 aliphatic rings. The van der Waals surface area contributed by atoms with Gasteiger partial charge in [0, 0.05) is 49.0 Å². The van der Waals surface area contributed by atoms with Gasteiger partial charge in [0.15, 0.2) is 11.7 Å². The first-order valence-electron chi connectivity index (χ1n) is 10.5. The van der Waals surface area contributed by atoms with Gasteiger partial charge in [0.2, 0.25) is 0 Å². The highest BCUT2D eigenvalue weighted by atomic mass is 16.3. The zero-order chi connectivity index (χ0) is 21.6. The average molecular weight is 417 g/mol. The second-order valence-corrected chi connectivity index (χ2v) is 7.29. The largest absolute Gasteiger partial charge is 0.392 e. The Bertz CT molecular complexity index is 1040. The molecule has 31 heavy (non-hydrogen) atoms. The van der Waals surface area contributed by atoms with Gasteiger partial charge >= 0.3 is 0 Å². The second kappa shape index (κ2) is 9.59. The molecule has 0 spiro atoms. The Labute approximate surface area is 182 Å². The molecule has 2 aromatic carbocycles. The molecule has 2 aromatic rings. The zero-order valence-corrected chi connectivity index (χ0v) is 17.7. The van der Waals surface area contributed by atoms with E-state index in [9.17, 15) is 5.11 Å². The summed E-state index contributed by atoms with van der Waals surface area (Å²) in [6.07, 6.45) is 5.95. The predicted octanol–water partition coefficient (Wildman–Crippen LogP) is 3.01. The van der Waals surface area contributed by atoms with Gasteiger partial charge in [-0.1, -0.05) is 24.3 Å². The number of aliphatic imine (C=N–C) groups is 2. The van der Waals surface area contributed by atoms with Crippen LogP contribution in [0.25, 0.3) is 5.70 Å². The van der Waals surface area contributed by atoms with Gasteiger partial charge in [0.05, 0.1) is 18.8 Å². The van der Waals surface area contributed by atoms with E-state index in [1.54, 1.807) is 0 Å². The first-order valence-corrected chi connectivity index (χ1v) is 10.5. The molecule has 2 heterocycles. The fraction of sp³-hybridized carbons (Fsp3) is 0.250. The van der Waals surface area contributed by atoms with Crippen LogP contribution in [0.2, 0.25) is 0 Å². The molecule has 4 N–H and O–H groups in total. The van der Waals surface area contributed by atoms with Crippen molar-refractivity contribution in [1.82, 2.24) is 4.90 Å². The lowest BCUT2D eigenvalue weighted by Crippen LogP contribution is -2.38. The van der Waals surface area contributed by atoms with Crippen molar-refractivity contribution in [2.75, 3.05) is 36.4 Å². The normalized spacial score (nSPS) is 15.1. The third-order valence-electron chi connectivity index (χ3n) is 5.30. The van der Waals surface area contributed by atoms with Gasteiger partial charge in [-0.2, -0.15) is 0 Å². The van der Waals surface area contributed by atoms with Crippen LogP contribution in [0.5, 0.6) is 0 Å². The summed E-state index contributed by atoms with van der Waals surface area (Å²) in [6.45, 7) is 5.06. The molecule has 4 rings (SSSR count). The summed E-state index contributed by atoms with van der Waals surface area (Å²) in [7, 11) is 0. The topological polar surface area (TPSA) is 89.5 Å². The molecule has 0 radical (unpaired) electrons. The fourth-order valence-corrected chi connectivity index (χ4v) is 3.72. The minimum Gasteiger partial charge on any atom is -0.392 e. The molecule has 0 saturated carbocycles. The molecular formula is C24H28N6O. The molecule has 0 bridgehead atoms. The van der Waals surface area contributed by atoms with Crippen molar-refractivity contribution >= 4 is 28.7 Å². The van der Waals surface area contributed by atoms with Crippen molar-refractivity contribution in [3.63, 3.8) is 0 Å². The van der Waals surface area contributed by atoms with Gasteiger partial charge in [-0.05, 0) is 42.8 Å². The lowest BCUT2D eigenvalue weighted by Gasteiger charge is -2.28. The highest BCUT2D eigenvalue weighted by Crippen LogP contribution is 2.27. The average Bonchev–Trinajstić information content (AvgIpc) is 2.83. The number of hydrogen-bond donors (Lipinski definition) is 3. The molecule has 7 heteroatoms. The van der Waals surface area contributed by atoms with Gasteiger partial charge < -0.3 is 26.0 Å². The van der Waals surface area contributed by atoms with E-state index in [0.29, 0.717) is 18.9 Å². The van der Waals surface area contributed by atoms with Gasteiger partial charge in [-0.3, -0.25) is 4.99 Å². The number of benzene rings is 2. The molecule has 7 nitrogen and oxygen atoms in total. The maximum Gasteiger partial charge on any atom is 0.176 e. The number of nitrogens with two attached hydrogens (primary N) is 1. The molecular weight excluding hydrogens is 388 g/mol. The lowest BCUT2D eigenvalue weighted by molar-refractivity contribution is 0.281. The number of aliphatic hydroxyl groups excluding tert-OH is 1. The summed E-state index contributed by atoms with van der Waals surface area (Å²) in [4.78, 5) is 13.7. The quantitative estimate of drug-likeness (QED) is 0.646. The van der Waals surface area contributed by atoms with E-state index in [2.05, 4.69) is 34.3 Å². The van der Waals surface area contributed by atoms with E-state index in [4.69, 9.17) is 10.7 Å². The molecule has 0 amide bonds. The molecule has 2 aliphatic heterocycles. The van der Waals surface area contributed by atoms with Crippen molar-refractivity contribution in [3.8, 4) is 0 Å². The Morgan fingerprint density at radius 3 is 2.71 bits per heavy atom. The molecule has 160 valence electrons. The van der Waals surface area contributed by atoms with Gasteiger partial charge in [-0.15, -0.1) is 0 Å². The minimum atomic E-state index is -0.0409. The predicted molar refractivity (Wildman–Crippen MR) is 128 cm³/mol. The number of nitrogens with one attached hydrogen (secondary N) is 1. The van der Waals surface area contributed by atoms with Crippen LogP contribution in [0.15, 0.2) is 77.0 Å². The summed E-state index contributed by atoms with van der Waals surface area (Å²) in [6, 6.07) is 16.0. The van der Waals surface area contributed by atoms with E-state index >= 15 is 0 Å². The molecule has 0 atom stereocenters. The Balaban J connectivity index is 1.63. The first kappa shape index (κ1) is 20.8. The third-order valence-corrected chi connectivity index (χ3v) is 5.30. The number of fused-ring (bicyclic) bond motifs is 1.